The summed E-state index contributed by atoms with van der Waals surface area (Å²) in [5.41, 5.74) is 0.909. The van der Waals surface area contributed by atoms with E-state index >= 15 is 0 Å². The molecule has 0 radical (unpaired) electrons. The van der Waals surface area contributed by atoms with Gasteiger partial charge in [-0.3, -0.25) is 0 Å². The third kappa shape index (κ3) is 2.31. The predicted octanol–water partition coefficient (Wildman–Crippen LogP) is 1.89. The molecular formula is C12H12BrN3O2. The Bertz CT molecular complexity index is 541. The van der Waals surface area contributed by atoms with E-state index in [2.05, 4.69) is 31.4 Å². The average molecular weight is 310 g/mol. The van der Waals surface area contributed by atoms with Gasteiger partial charge >= 0.3 is 0 Å². The second-order valence-electron chi connectivity index (χ2n) is 4.31. The Morgan fingerprint density at radius 1 is 1.33 bits per heavy atom. The SMILES string of the molecule is O[C@@H]1CN[C@@H](c2nc(-c3ccc(Br)cc3)no2)C1. The minimum atomic E-state index is -0.335. The lowest BCUT2D eigenvalue weighted by Gasteiger charge is -2.01. The van der Waals surface area contributed by atoms with Crippen LogP contribution < -0.4 is 5.32 Å². The number of rotatable bonds is 2. The molecule has 1 aliphatic heterocycles. The van der Waals surface area contributed by atoms with Crippen LogP contribution in [0.2, 0.25) is 0 Å². The van der Waals surface area contributed by atoms with E-state index < -0.39 is 0 Å². The molecular weight excluding hydrogens is 298 g/mol. The van der Waals surface area contributed by atoms with Crippen LogP contribution in [0, 0.1) is 0 Å². The third-order valence-corrected chi connectivity index (χ3v) is 3.48. The number of aliphatic hydroxyl groups is 1. The van der Waals surface area contributed by atoms with Gasteiger partial charge in [-0.25, -0.2) is 0 Å². The summed E-state index contributed by atoms with van der Waals surface area (Å²) in [5.74, 6) is 1.10. The second-order valence-corrected chi connectivity index (χ2v) is 5.23. The highest BCUT2D eigenvalue weighted by Gasteiger charge is 2.28. The van der Waals surface area contributed by atoms with Gasteiger partial charge in [-0.2, -0.15) is 4.98 Å². The minimum Gasteiger partial charge on any atom is -0.392 e. The van der Waals surface area contributed by atoms with Crippen molar-refractivity contribution < 1.29 is 9.63 Å². The molecule has 2 aromatic rings. The summed E-state index contributed by atoms with van der Waals surface area (Å²) in [5, 5.41) is 16.6. The molecule has 2 heterocycles. The molecule has 1 fully saturated rings. The van der Waals surface area contributed by atoms with Crippen LogP contribution >= 0.6 is 15.9 Å². The zero-order valence-electron chi connectivity index (χ0n) is 9.51. The molecule has 3 rings (SSSR count). The molecule has 94 valence electrons. The first-order valence-electron chi connectivity index (χ1n) is 5.73. The Morgan fingerprint density at radius 3 is 2.78 bits per heavy atom. The first-order valence-corrected chi connectivity index (χ1v) is 6.52. The fraction of sp³-hybridized carbons (Fsp3) is 0.333. The van der Waals surface area contributed by atoms with Gasteiger partial charge in [0.25, 0.3) is 0 Å². The smallest absolute Gasteiger partial charge is 0.244 e. The third-order valence-electron chi connectivity index (χ3n) is 2.95. The topological polar surface area (TPSA) is 71.2 Å². The van der Waals surface area contributed by atoms with Crippen LogP contribution in [-0.4, -0.2) is 27.9 Å². The number of aliphatic hydroxyl groups excluding tert-OH is 1. The van der Waals surface area contributed by atoms with Crippen molar-refractivity contribution in [2.75, 3.05) is 6.54 Å². The van der Waals surface area contributed by atoms with Gasteiger partial charge in [-0.1, -0.05) is 21.1 Å². The molecule has 0 amide bonds. The Hall–Kier alpha value is -1.24. The fourth-order valence-electron chi connectivity index (χ4n) is 2.00. The van der Waals surface area contributed by atoms with Crippen LogP contribution in [0.25, 0.3) is 11.4 Å². The van der Waals surface area contributed by atoms with Crippen LogP contribution in [0.1, 0.15) is 18.4 Å². The Morgan fingerprint density at radius 2 is 2.11 bits per heavy atom. The van der Waals surface area contributed by atoms with E-state index in [9.17, 15) is 5.11 Å². The predicted molar refractivity (Wildman–Crippen MR) is 68.8 cm³/mol. The maximum atomic E-state index is 9.46. The van der Waals surface area contributed by atoms with Crippen molar-refractivity contribution in [2.24, 2.45) is 0 Å². The molecule has 2 N–H and O–H groups in total. The van der Waals surface area contributed by atoms with Gasteiger partial charge in [-0.15, -0.1) is 0 Å². The largest absolute Gasteiger partial charge is 0.392 e. The highest BCUT2D eigenvalue weighted by Crippen LogP contribution is 2.25. The van der Waals surface area contributed by atoms with Crippen molar-refractivity contribution in [3.8, 4) is 11.4 Å². The van der Waals surface area contributed by atoms with Gasteiger partial charge in [-0.05, 0) is 30.7 Å². The molecule has 1 aromatic carbocycles. The van der Waals surface area contributed by atoms with Crippen LogP contribution in [0.5, 0.6) is 0 Å². The normalized spacial score (nSPS) is 23.4. The molecule has 0 unspecified atom stereocenters. The zero-order chi connectivity index (χ0) is 12.5. The van der Waals surface area contributed by atoms with E-state index in [4.69, 9.17) is 4.52 Å². The molecule has 0 bridgehead atoms. The molecule has 18 heavy (non-hydrogen) atoms. The number of hydrogen-bond donors (Lipinski definition) is 2. The summed E-state index contributed by atoms with van der Waals surface area (Å²) < 4.78 is 6.24. The van der Waals surface area contributed by atoms with Crippen LogP contribution in [0.3, 0.4) is 0 Å². The van der Waals surface area contributed by atoms with Gasteiger partial charge in [0.05, 0.1) is 12.1 Å². The van der Waals surface area contributed by atoms with E-state index in [1.807, 2.05) is 24.3 Å². The van der Waals surface area contributed by atoms with E-state index in [1.165, 1.54) is 0 Å². The molecule has 1 saturated heterocycles. The highest BCUT2D eigenvalue weighted by atomic mass is 79.9. The van der Waals surface area contributed by atoms with Crippen molar-refractivity contribution in [1.29, 1.82) is 0 Å². The van der Waals surface area contributed by atoms with Gasteiger partial charge in [0.15, 0.2) is 0 Å². The first kappa shape index (κ1) is 11.8. The molecule has 6 heteroatoms. The summed E-state index contributed by atoms with van der Waals surface area (Å²) in [6.07, 6.45) is 0.278. The molecule has 0 saturated carbocycles. The van der Waals surface area contributed by atoms with Crippen molar-refractivity contribution in [1.82, 2.24) is 15.5 Å². The van der Waals surface area contributed by atoms with Crippen molar-refractivity contribution in [2.45, 2.75) is 18.6 Å². The molecule has 1 aliphatic rings. The van der Waals surface area contributed by atoms with E-state index in [1.54, 1.807) is 0 Å². The van der Waals surface area contributed by atoms with Crippen molar-refractivity contribution in [3.63, 3.8) is 0 Å². The average Bonchev–Trinajstić information content (AvgIpc) is 2.98. The van der Waals surface area contributed by atoms with E-state index in [0.717, 1.165) is 10.0 Å². The second kappa shape index (κ2) is 4.79. The lowest BCUT2D eigenvalue weighted by atomic mass is 10.2. The Kier molecular flexibility index (Phi) is 3.15. The Labute approximate surface area is 112 Å². The minimum absolute atomic E-state index is 0.0447. The lowest BCUT2D eigenvalue weighted by molar-refractivity contribution is 0.191. The highest BCUT2D eigenvalue weighted by molar-refractivity contribution is 9.10. The van der Waals surface area contributed by atoms with Crippen LogP contribution in [0.15, 0.2) is 33.3 Å². The summed E-state index contributed by atoms with van der Waals surface area (Å²) in [6.45, 7) is 0.570. The number of halogens is 1. The van der Waals surface area contributed by atoms with E-state index in [0.29, 0.717) is 24.7 Å². The number of hydrogen-bond acceptors (Lipinski definition) is 5. The molecule has 0 aliphatic carbocycles. The monoisotopic (exact) mass is 309 g/mol. The zero-order valence-corrected chi connectivity index (χ0v) is 11.1. The summed E-state index contributed by atoms with van der Waals surface area (Å²) in [6, 6.07) is 7.67. The number of nitrogens with one attached hydrogen (secondary N) is 1. The summed E-state index contributed by atoms with van der Waals surface area (Å²) in [7, 11) is 0. The summed E-state index contributed by atoms with van der Waals surface area (Å²) >= 11 is 3.38. The molecule has 0 spiro atoms. The van der Waals surface area contributed by atoms with Gasteiger partial charge < -0.3 is 14.9 Å². The van der Waals surface area contributed by atoms with Gasteiger partial charge in [0, 0.05) is 16.6 Å². The number of benzene rings is 1. The standard InChI is InChI=1S/C12H12BrN3O2/c13-8-3-1-7(2-4-8)11-15-12(18-16-11)10-5-9(17)6-14-10/h1-4,9-10,14,17H,5-6H2/t9-,10+/m0/s1. The van der Waals surface area contributed by atoms with Crippen molar-refractivity contribution >= 4 is 15.9 Å². The van der Waals surface area contributed by atoms with Crippen LogP contribution in [0.4, 0.5) is 0 Å². The maximum absolute atomic E-state index is 9.46. The summed E-state index contributed by atoms with van der Waals surface area (Å²) in [4.78, 5) is 4.36. The molecule has 1 aromatic heterocycles. The quantitative estimate of drug-likeness (QED) is 0.886. The van der Waals surface area contributed by atoms with Gasteiger partial charge in [0.1, 0.15) is 0 Å². The van der Waals surface area contributed by atoms with Crippen LogP contribution in [-0.2, 0) is 0 Å². The maximum Gasteiger partial charge on any atom is 0.244 e. The fourth-order valence-corrected chi connectivity index (χ4v) is 2.26. The number of nitrogens with zero attached hydrogens (tertiary/aromatic N) is 2. The number of β-amino-alcohol motifs (C(OH)–C–C–N with tert-alkyl or cyclic N) is 1. The van der Waals surface area contributed by atoms with Crippen molar-refractivity contribution in [3.05, 3.63) is 34.6 Å². The lowest BCUT2D eigenvalue weighted by Crippen LogP contribution is -2.15. The molecule has 5 nitrogen and oxygen atoms in total. The van der Waals surface area contributed by atoms with Gasteiger partial charge in [0.2, 0.25) is 11.7 Å². The van der Waals surface area contributed by atoms with E-state index in [-0.39, 0.29) is 12.1 Å². The first-order chi connectivity index (χ1) is 8.72. The number of aromatic nitrogens is 2. The molecule has 2 atom stereocenters. The Balaban J connectivity index is 1.83.